The average Bonchev–Trinajstić information content (AvgIpc) is 2.10. The molecule has 4 N–H and O–H groups in total. The van der Waals surface area contributed by atoms with Gasteiger partial charge in [-0.25, -0.2) is 4.79 Å². The van der Waals surface area contributed by atoms with Crippen molar-refractivity contribution in [2.45, 2.75) is 53.1 Å². The van der Waals surface area contributed by atoms with E-state index in [1.807, 2.05) is 0 Å². The zero-order valence-corrected chi connectivity index (χ0v) is 11.5. The highest BCUT2D eigenvalue weighted by atomic mass is 16.4. The molecule has 5 heteroatoms. The van der Waals surface area contributed by atoms with Crippen LogP contribution in [-0.4, -0.2) is 28.6 Å². The molecule has 17 heavy (non-hydrogen) atoms. The fourth-order valence-electron chi connectivity index (χ4n) is 1.13. The smallest absolute Gasteiger partial charge is 0.326 e. The van der Waals surface area contributed by atoms with Crippen molar-refractivity contribution in [3.63, 3.8) is 0 Å². The number of nitrogens with one attached hydrogen (secondary N) is 1. The molecule has 100 valence electrons. The summed E-state index contributed by atoms with van der Waals surface area (Å²) in [5, 5.41) is 11.6. The first-order valence-electron chi connectivity index (χ1n) is 5.74. The third kappa shape index (κ3) is 3.70. The van der Waals surface area contributed by atoms with E-state index in [0.717, 1.165) is 0 Å². The number of nitrogens with two attached hydrogens (primary N) is 1. The normalized spacial score (nSPS) is 14.6. The molecular weight excluding hydrogens is 220 g/mol. The summed E-state index contributed by atoms with van der Waals surface area (Å²) >= 11 is 0. The molecule has 0 aliphatic heterocycles. The molecule has 0 radical (unpaired) electrons. The Hall–Kier alpha value is -1.10. The summed E-state index contributed by atoms with van der Waals surface area (Å²) in [6.45, 7) is 10.4. The zero-order chi connectivity index (χ0) is 14.0. The van der Waals surface area contributed by atoms with E-state index in [4.69, 9.17) is 10.8 Å². The van der Waals surface area contributed by atoms with Crippen LogP contribution in [0.2, 0.25) is 0 Å². The van der Waals surface area contributed by atoms with Gasteiger partial charge >= 0.3 is 5.97 Å². The Morgan fingerprint density at radius 1 is 1.18 bits per heavy atom. The van der Waals surface area contributed by atoms with Crippen LogP contribution in [-0.2, 0) is 9.59 Å². The maximum absolute atomic E-state index is 12.1. The number of carboxylic acid groups (broad SMARTS) is 1. The summed E-state index contributed by atoms with van der Waals surface area (Å²) in [6.07, 6.45) is 0. The molecule has 0 aliphatic carbocycles. The molecule has 1 amide bonds. The van der Waals surface area contributed by atoms with Crippen LogP contribution in [0.4, 0.5) is 0 Å². The average molecular weight is 244 g/mol. The van der Waals surface area contributed by atoms with Crippen molar-refractivity contribution < 1.29 is 14.7 Å². The van der Waals surface area contributed by atoms with Gasteiger partial charge in [-0.1, -0.05) is 13.8 Å². The standard InChI is InChI=1S/C12H24N2O3/c1-7(2)8(9(15)16)14-10(17)11(3,4)12(5,6)13/h7-8H,13H2,1-6H3,(H,14,17)(H,15,16)/t8-/m0/s1. The quantitative estimate of drug-likeness (QED) is 0.672. The van der Waals surface area contributed by atoms with Crippen LogP contribution in [0, 0.1) is 11.3 Å². The summed E-state index contributed by atoms with van der Waals surface area (Å²) < 4.78 is 0. The lowest BCUT2D eigenvalue weighted by atomic mass is 9.74. The fourth-order valence-corrected chi connectivity index (χ4v) is 1.13. The molecule has 0 saturated carbocycles. The summed E-state index contributed by atoms with van der Waals surface area (Å²) in [7, 11) is 0. The number of carboxylic acids is 1. The third-order valence-electron chi connectivity index (χ3n) is 3.40. The molecule has 0 rings (SSSR count). The number of hydrogen-bond donors (Lipinski definition) is 3. The Bertz CT molecular complexity index is 303. The van der Waals surface area contributed by atoms with Crippen LogP contribution >= 0.6 is 0 Å². The molecule has 0 bridgehead atoms. The molecular formula is C12H24N2O3. The largest absolute Gasteiger partial charge is 0.480 e. The predicted molar refractivity (Wildman–Crippen MR) is 66.5 cm³/mol. The van der Waals surface area contributed by atoms with Gasteiger partial charge in [0, 0.05) is 5.54 Å². The van der Waals surface area contributed by atoms with Crippen LogP contribution in [0.3, 0.4) is 0 Å². The molecule has 0 spiro atoms. The summed E-state index contributed by atoms with van der Waals surface area (Å²) in [4.78, 5) is 23.1. The maximum atomic E-state index is 12.1. The highest BCUT2D eigenvalue weighted by molar-refractivity contribution is 5.88. The Morgan fingerprint density at radius 3 is 1.82 bits per heavy atom. The highest BCUT2D eigenvalue weighted by Crippen LogP contribution is 2.28. The van der Waals surface area contributed by atoms with E-state index in [2.05, 4.69) is 5.32 Å². The number of carbonyl (C=O) groups is 2. The van der Waals surface area contributed by atoms with Gasteiger partial charge < -0.3 is 16.2 Å². The monoisotopic (exact) mass is 244 g/mol. The first-order valence-corrected chi connectivity index (χ1v) is 5.74. The van der Waals surface area contributed by atoms with Gasteiger partial charge in [0.1, 0.15) is 6.04 Å². The number of amides is 1. The van der Waals surface area contributed by atoms with Crippen molar-refractivity contribution in [2.24, 2.45) is 17.1 Å². The van der Waals surface area contributed by atoms with Gasteiger partial charge in [0.25, 0.3) is 0 Å². The Labute approximate surface area is 103 Å². The minimum Gasteiger partial charge on any atom is -0.480 e. The minimum absolute atomic E-state index is 0.173. The molecule has 0 unspecified atom stereocenters. The van der Waals surface area contributed by atoms with Gasteiger partial charge in [-0.05, 0) is 33.6 Å². The lowest BCUT2D eigenvalue weighted by Gasteiger charge is -2.38. The summed E-state index contributed by atoms with van der Waals surface area (Å²) in [5.41, 5.74) is 4.37. The van der Waals surface area contributed by atoms with Gasteiger partial charge in [-0.2, -0.15) is 0 Å². The Balaban J connectivity index is 4.92. The van der Waals surface area contributed by atoms with E-state index < -0.39 is 23.0 Å². The van der Waals surface area contributed by atoms with E-state index in [1.54, 1.807) is 41.5 Å². The number of aliphatic carboxylic acids is 1. The van der Waals surface area contributed by atoms with Crippen molar-refractivity contribution in [1.29, 1.82) is 0 Å². The minimum atomic E-state index is -1.03. The first-order chi connectivity index (χ1) is 7.41. The second-order valence-corrected chi connectivity index (χ2v) is 5.88. The summed E-state index contributed by atoms with van der Waals surface area (Å²) in [6, 6.07) is -0.885. The molecule has 0 aromatic heterocycles. The van der Waals surface area contributed by atoms with Crippen molar-refractivity contribution in [2.75, 3.05) is 0 Å². The number of rotatable bonds is 5. The molecule has 0 aromatic rings. The van der Waals surface area contributed by atoms with Crippen molar-refractivity contribution in [3.05, 3.63) is 0 Å². The van der Waals surface area contributed by atoms with Crippen LogP contribution in [0.15, 0.2) is 0 Å². The second-order valence-electron chi connectivity index (χ2n) is 5.88. The van der Waals surface area contributed by atoms with Gasteiger partial charge in [-0.3, -0.25) is 4.79 Å². The van der Waals surface area contributed by atoms with Crippen molar-refractivity contribution in [3.8, 4) is 0 Å². The topological polar surface area (TPSA) is 92.4 Å². The summed E-state index contributed by atoms with van der Waals surface area (Å²) in [5.74, 6) is -1.54. The third-order valence-corrected chi connectivity index (χ3v) is 3.40. The van der Waals surface area contributed by atoms with Crippen LogP contribution in [0.1, 0.15) is 41.5 Å². The molecule has 0 saturated heterocycles. The molecule has 0 aliphatic rings. The van der Waals surface area contributed by atoms with Gasteiger partial charge in [0.05, 0.1) is 5.41 Å². The van der Waals surface area contributed by atoms with Crippen molar-refractivity contribution in [1.82, 2.24) is 5.32 Å². The van der Waals surface area contributed by atoms with Crippen molar-refractivity contribution >= 4 is 11.9 Å². The van der Waals surface area contributed by atoms with E-state index in [-0.39, 0.29) is 11.8 Å². The van der Waals surface area contributed by atoms with Crippen LogP contribution in [0.5, 0.6) is 0 Å². The zero-order valence-electron chi connectivity index (χ0n) is 11.5. The van der Waals surface area contributed by atoms with E-state index in [9.17, 15) is 9.59 Å². The van der Waals surface area contributed by atoms with Gasteiger partial charge in [0.15, 0.2) is 0 Å². The number of carbonyl (C=O) groups excluding carboxylic acids is 1. The molecule has 1 atom stereocenters. The van der Waals surface area contributed by atoms with Gasteiger partial charge in [0.2, 0.25) is 5.91 Å². The maximum Gasteiger partial charge on any atom is 0.326 e. The Morgan fingerprint density at radius 2 is 1.59 bits per heavy atom. The Kier molecular flexibility index (Phi) is 4.71. The molecule has 0 fully saturated rings. The van der Waals surface area contributed by atoms with Gasteiger partial charge in [-0.15, -0.1) is 0 Å². The van der Waals surface area contributed by atoms with Crippen LogP contribution in [0.25, 0.3) is 0 Å². The lowest BCUT2D eigenvalue weighted by Crippen LogP contribution is -2.58. The van der Waals surface area contributed by atoms with E-state index >= 15 is 0 Å². The highest BCUT2D eigenvalue weighted by Gasteiger charge is 2.42. The first kappa shape index (κ1) is 15.9. The molecule has 5 nitrogen and oxygen atoms in total. The SMILES string of the molecule is CC(C)[C@H](NC(=O)C(C)(C)C(C)(C)N)C(=O)O. The van der Waals surface area contributed by atoms with E-state index in [0.29, 0.717) is 0 Å². The predicted octanol–water partition coefficient (Wildman–Crippen LogP) is 0.975. The lowest BCUT2D eigenvalue weighted by molar-refractivity contribution is -0.145. The fraction of sp³-hybridized carbons (Fsp3) is 0.833. The molecule has 0 heterocycles. The number of hydrogen-bond acceptors (Lipinski definition) is 3. The second kappa shape index (κ2) is 5.04. The van der Waals surface area contributed by atoms with Crippen LogP contribution < -0.4 is 11.1 Å². The van der Waals surface area contributed by atoms with E-state index in [1.165, 1.54) is 0 Å². The molecule has 0 aromatic carbocycles.